The predicted octanol–water partition coefficient (Wildman–Crippen LogP) is 4.64. The second kappa shape index (κ2) is 13.4. The van der Waals surface area contributed by atoms with Gasteiger partial charge in [-0.15, -0.1) is 0 Å². The first-order valence-electron chi connectivity index (χ1n) is 12.7. The molecule has 0 saturated carbocycles. The number of carbonyl (C=O) groups is 2. The van der Waals surface area contributed by atoms with E-state index >= 15 is 0 Å². The van der Waals surface area contributed by atoms with Gasteiger partial charge < -0.3 is 15.4 Å². The number of rotatable bonds is 12. The molecule has 0 saturated heterocycles. The SMILES string of the molecule is CS(=O)(=O)N(CC(=O)Nc1ccccc1C(=O)NCCc1ccccc1)c1ccc(OCc2ccccc2)cc1. The van der Waals surface area contributed by atoms with E-state index in [-0.39, 0.29) is 11.5 Å². The molecule has 4 rings (SSSR count). The Balaban J connectivity index is 1.38. The van der Waals surface area contributed by atoms with E-state index in [9.17, 15) is 18.0 Å². The van der Waals surface area contributed by atoms with E-state index in [2.05, 4.69) is 10.6 Å². The first-order chi connectivity index (χ1) is 19.3. The molecule has 0 heterocycles. The summed E-state index contributed by atoms with van der Waals surface area (Å²) in [6, 6.07) is 32.5. The molecule has 4 aromatic rings. The van der Waals surface area contributed by atoms with Crippen LogP contribution in [0.15, 0.2) is 109 Å². The Morgan fingerprint density at radius 1 is 0.775 bits per heavy atom. The fraction of sp³-hybridized carbons (Fsp3) is 0.161. The minimum Gasteiger partial charge on any atom is -0.489 e. The molecule has 0 spiro atoms. The van der Waals surface area contributed by atoms with Crippen molar-refractivity contribution in [2.75, 3.05) is 29.0 Å². The molecule has 0 aliphatic carbocycles. The normalized spacial score (nSPS) is 10.9. The fourth-order valence-electron chi connectivity index (χ4n) is 4.02. The van der Waals surface area contributed by atoms with Crippen LogP contribution in [0, 0.1) is 0 Å². The van der Waals surface area contributed by atoms with Crippen LogP contribution >= 0.6 is 0 Å². The van der Waals surface area contributed by atoms with Gasteiger partial charge in [-0.25, -0.2) is 8.42 Å². The van der Waals surface area contributed by atoms with Gasteiger partial charge in [-0.05, 0) is 53.9 Å². The first-order valence-corrected chi connectivity index (χ1v) is 14.6. The summed E-state index contributed by atoms with van der Waals surface area (Å²) < 4.78 is 31.9. The number of nitrogens with zero attached hydrogens (tertiary/aromatic N) is 1. The van der Waals surface area contributed by atoms with Crippen molar-refractivity contribution in [3.63, 3.8) is 0 Å². The molecule has 0 radical (unpaired) electrons. The van der Waals surface area contributed by atoms with Crippen LogP contribution in [0.4, 0.5) is 11.4 Å². The van der Waals surface area contributed by atoms with Crippen LogP contribution in [0.25, 0.3) is 0 Å². The average molecular weight is 558 g/mol. The van der Waals surface area contributed by atoms with Crippen molar-refractivity contribution in [3.05, 3.63) is 126 Å². The molecular formula is C31H31N3O5S. The lowest BCUT2D eigenvalue weighted by Gasteiger charge is -2.22. The summed E-state index contributed by atoms with van der Waals surface area (Å²) >= 11 is 0. The summed E-state index contributed by atoms with van der Waals surface area (Å²) in [6.45, 7) is 0.336. The number of ether oxygens (including phenoxy) is 1. The standard InChI is InChI=1S/C31H31N3O5S/c1-40(37,38)34(26-16-18-27(19-17-26)39-23-25-12-6-3-7-13-25)22-30(35)33-29-15-9-8-14-28(29)31(36)32-21-20-24-10-4-2-5-11-24/h2-19H,20-23H2,1H3,(H,32,36)(H,33,35). The highest BCUT2D eigenvalue weighted by Gasteiger charge is 2.22. The lowest BCUT2D eigenvalue weighted by atomic mass is 10.1. The molecule has 0 aliphatic rings. The second-order valence-electron chi connectivity index (χ2n) is 9.12. The Morgan fingerprint density at radius 3 is 2.02 bits per heavy atom. The van der Waals surface area contributed by atoms with Gasteiger partial charge in [0.15, 0.2) is 0 Å². The zero-order valence-electron chi connectivity index (χ0n) is 22.1. The third kappa shape index (κ3) is 8.18. The van der Waals surface area contributed by atoms with E-state index in [1.165, 1.54) is 0 Å². The van der Waals surface area contributed by atoms with E-state index in [1.54, 1.807) is 48.5 Å². The number of anilines is 2. The van der Waals surface area contributed by atoms with Crippen molar-refractivity contribution in [2.24, 2.45) is 0 Å². The van der Waals surface area contributed by atoms with Crippen molar-refractivity contribution in [1.82, 2.24) is 5.32 Å². The van der Waals surface area contributed by atoms with Crippen LogP contribution in [0.2, 0.25) is 0 Å². The summed E-state index contributed by atoms with van der Waals surface area (Å²) in [7, 11) is -3.79. The van der Waals surface area contributed by atoms with Crippen molar-refractivity contribution >= 4 is 33.2 Å². The van der Waals surface area contributed by atoms with Gasteiger partial charge in [-0.2, -0.15) is 0 Å². The van der Waals surface area contributed by atoms with Crippen molar-refractivity contribution < 1.29 is 22.7 Å². The molecule has 4 aromatic carbocycles. The number of amides is 2. The first kappa shape index (κ1) is 28.4. The molecule has 2 amide bonds. The number of hydrogen-bond donors (Lipinski definition) is 2. The summed E-state index contributed by atoms with van der Waals surface area (Å²) in [4.78, 5) is 25.8. The van der Waals surface area contributed by atoms with Gasteiger partial charge in [-0.1, -0.05) is 72.8 Å². The molecule has 8 nitrogen and oxygen atoms in total. The Kier molecular flexibility index (Phi) is 9.53. The molecule has 0 aliphatic heterocycles. The number of carbonyl (C=O) groups excluding carboxylic acids is 2. The lowest BCUT2D eigenvalue weighted by molar-refractivity contribution is -0.114. The monoisotopic (exact) mass is 557 g/mol. The maximum atomic E-state index is 13.0. The molecule has 9 heteroatoms. The molecule has 40 heavy (non-hydrogen) atoms. The van der Waals surface area contributed by atoms with E-state index in [1.807, 2.05) is 60.7 Å². The number of nitrogens with one attached hydrogen (secondary N) is 2. The van der Waals surface area contributed by atoms with Gasteiger partial charge in [0.25, 0.3) is 5.91 Å². The molecule has 2 N–H and O–H groups in total. The third-order valence-corrected chi connectivity index (χ3v) is 7.19. The molecule has 0 unspecified atom stereocenters. The summed E-state index contributed by atoms with van der Waals surface area (Å²) in [5.74, 6) is -0.352. The highest BCUT2D eigenvalue weighted by molar-refractivity contribution is 7.92. The molecule has 0 fully saturated rings. The van der Waals surface area contributed by atoms with Crippen molar-refractivity contribution in [3.8, 4) is 5.75 Å². The number of hydrogen-bond acceptors (Lipinski definition) is 5. The zero-order chi connectivity index (χ0) is 28.4. The molecule has 0 atom stereocenters. The van der Waals surface area contributed by atoms with Crippen LogP contribution in [0.1, 0.15) is 21.5 Å². The zero-order valence-corrected chi connectivity index (χ0v) is 22.9. The largest absolute Gasteiger partial charge is 0.489 e. The Bertz CT molecular complexity index is 1530. The summed E-state index contributed by atoms with van der Waals surface area (Å²) in [5, 5.41) is 5.56. The maximum absolute atomic E-state index is 13.0. The van der Waals surface area contributed by atoms with Crippen LogP contribution in [-0.4, -0.2) is 39.6 Å². The van der Waals surface area contributed by atoms with E-state index in [0.29, 0.717) is 36.7 Å². The number of para-hydroxylation sites is 1. The van der Waals surface area contributed by atoms with Crippen LogP contribution in [0.5, 0.6) is 5.75 Å². The van der Waals surface area contributed by atoms with Crippen LogP contribution in [-0.2, 0) is 27.8 Å². The van der Waals surface area contributed by atoms with Gasteiger partial charge in [0.1, 0.15) is 18.9 Å². The second-order valence-corrected chi connectivity index (χ2v) is 11.0. The van der Waals surface area contributed by atoms with Gasteiger partial charge >= 0.3 is 0 Å². The quantitative estimate of drug-likeness (QED) is 0.264. The lowest BCUT2D eigenvalue weighted by Crippen LogP contribution is -2.37. The minimum atomic E-state index is -3.79. The summed E-state index contributed by atoms with van der Waals surface area (Å²) in [5.41, 5.74) is 3.00. The fourth-order valence-corrected chi connectivity index (χ4v) is 4.88. The van der Waals surface area contributed by atoms with Crippen LogP contribution < -0.4 is 19.7 Å². The van der Waals surface area contributed by atoms with Gasteiger partial charge in [0, 0.05) is 6.54 Å². The van der Waals surface area contributed by atoms with Crippen molar-refractivity contribution in [1.29, 1.82) is 0 Å². The highest BCUT2D eigenvalue weighted by Crippen LogP contribution is 2.23. The van der Waals surface area contributed by atoms with Gasteiger partial charge in [0.2, 0.25) is 15.9 Å². The van der Waals surface area contributed by atoms with E-state index < -0.39 is 22.5 Å². The Labute approximate surface area is 234 Å². The molecule has 0 bridgehead atoms. The molecule has 0 aromatic heterocycles. The Morgan fingerprint density at radius 2 is 1.38 bits per heavy atom. The smallest absolute Gasteiger partial charge is 0.253 e. The predicted molar refractivity (Wildman–Crippen MR) is 157 cm³/mol. The highest BCUT2D eigenvalue weighted by atomic mass is 32.2. The van der Waals surface area contributed by atoms with Gasteiger partial charge in [0.05, 0.1) is 23.2 Å². The van der Waals surface area contributed by atoms with Crippen molar-refractivity contribution in [2.45, 2.75) is 13.0 Å². The van der Waals surface area contributed by atoms with Crippen LogP contribution in [0.3, 0.4) is 0 Å². The number of sulfonamides is 1. The topological polar surface area (TPSA) is 105 Å². The minimum absolute atomic E-state index is 0.287. The summed E-state index contributed by atoms with van der Waals surface area (Å²) in [6.07, 6.45) is 1.70. The van der Waals surface area contributed by atoms with E-state index in [0.717, 1.165) is 21.7 Å². The molecule has 206 valence electrons. The maximum Gasteiger partial charge on any atom is 0.253 e. The number of benzene rings is 4. The molecular weight excluding hydrogens is 526 g/mol. The van der Waals surface area contributed by atoms with Gasteiger partial charge in [-0.3, -0.25) is 13.9 Å². The third-order valence-electron chi connectivity index (χ3n) is 6.05. The van der Waals surface area contributed by atoms with E-state index in [4.69, 9.17) is 4.74 Å². The average Bonchev–Trinajstić information content (AvgIpc) is 2.96. The Hall–Kier alpha value is -4.63.